The number of rotatable bonds is 4. The zero-order valence-corrected chi connectivity index (χ0v) is 9.99. The first-order valence-corrected chi connectivity index (χ1v) is 5.80. The highest BCUT2D eigenvalue weighted by molar-refractivity contribution is 5.98. The number of fused-ring (bicyclic) bond motifs is 1. The van der Waals surface area contributed by atoms with Crippen LogP contribution in [0.3, 0.4) is 0 Å². The summed E-state index contributed by atoms with van der Waals surface area (Å²) < 4.78 is 0. The molecule has 1 aromatic carbocycles. The van der Waals surface area contributed by atoms with E-state index in [-0.39, 0.29) is 5.91 Å². The molecule has 0 spiro atoms. The number of amides is 1. The Kier molecular flexibility index (Phi) is 3.54. The SMILES string of the molecule is C#CCCCNC(=O)c1cc2cc(N)ccc2[nH]1. The Morgan fingerprint density at radius 3 is 3.06 bits per heavy atom. The monoisotopic (exact) mass is 241 g/mol. The number of aromatic nitrogens is 1. The lowest BCUT2D eigenvalue weighted by Gasteiger charge is -2.00. The van der Waals surface area contributed by atoms with Crippen molar-refractivity contribution in [2.45, 2.75) is 12.8 Å². The molecule has 0 unspecified atom stereocenters. The number of unbranched alkanes of at least 4 members (excludes halogenated alkanes) is 1. The summed E-state index contributed by atoms with van der Waals surface area (Å²) >= 11 is 0. The zero-order valence-electron chi connectivity index (χ0n) is 9.99. The Bertz CT molecular complexity index is 607. The summed E-state index contributed by atoms with van der Waals surface area (Å²) in [5.41, 5.74) is 7.81. The molecule has 2 aromatic rings. The van der Waals surface area contributed by atoms with Gasteiger partial charge in [-0.3, -0.25) is 4.79 Å². The van der Waals surface area contributed by atoms with Crippen molar-refractivity contribution < 1.29 is 4.79 Å². The van der Waals surface area contributed by atoms with E-state index in [2.05, 4.69) is 16.2 Å². The molecule has 18 heavy (non-hydrogen) atoms. The molecule has 0 saturated heterocycles. The van der Waals surface area contributed by atoms with E-state index in [0.29, 0.717) is 24.3 Å². The first-order valence-electron chi connectivity index (χ1n) is 5.80. The number of terminal acetylenes is 1. The molecule has 1 aromatic heterocycles. The molecule has 4 nitrogen and oxygen atoms in total. The van der Waals surface area contributed by atoms with E-state index in [4.69, 9.17) is 12.2 Å². The van der Waals surface area contributed by atoms with Crippen molar-refractivity contribution in [2.75, 3.05) is 12.3 Å². The highest BCUT2D eigenvalue weighted by Crippen LogP contribution is 2.18. The normalized spacial score (nSPS) is 10.2. The van der Waals surface area contributed by atoms with Crippen molar-refractivity contribution in [3.05, 3.63) is 30.0 Å². The van der Waals surface area contributed by atoms with Gasteiger partial charge >= 0.3 is 0 Å². The van der Waals surface area contributed by atoms with Crippen molar-refractivity contribution >= 4 is 22.5 Å². The smallest absolute Gasteiger partial charge is 0.267 e. The van der Waals surface area contributed by atoms with Crippen LogP contribution in [0.15, 0.2) is 24.3 Å². The maximum atomic E-state index is 11.8. The van der Waals surface area contributed by atoms with Crippen molar-refractivity contribution in [2.24, 2.45) is 0 Å². The fourth-order valence-corrected chi connectivity index (χ4v) is 1.76. The van der Waals surface area contributed by atoms with Gasteiger partial charge in [0.05, 0.1) is 0 Å². The van der Waals surface area contributed by atoms with Crippen LogP contribution in [0.4, 0.5) is 5.69 Å². The average molecular weight is 241 g/mol. The minimum Gasteiger partial charge on any atom is -0.399 e. The number of benzene rings is 1. The molecule has 0 atom stereocenters. The van der Waals surface area contributed by atoms with Gasteiger partial charge in [-0.1, -0.05) is 0 Å². The van der Waals surface area contributed by atoms with Crippen LogP contribution in [-0.4, -0.2) is 17.4 Å². The lowest BCUT2D eigenvalue weighted by Crippen LogP contribution is -2.24. The molecular formula is C14H15N3O. The summed E-state index contributed by atoms with van der Waals surface area (Å²) in [6.07, 6.45) is 6.60. The Hall–Kier alpha value is -2.41. The Labute approximate surface area is 106 Å². The van der Waals surface area contributed by atoms with E-state index in [0.717, 1.165) is 17.3 Å². The molecule has 0 saturated carbocycles. The molecule has 1 heterocycles. The van der Waals surface area contributed by atoms with E-state index in [1.54, 1.807) is 12.1 Å². The van der Waals surface area contributed by atoms with Crippen LogP contribution in [-0.2, 0) is 0 Å². The van der Waals surface area contributed by atoms with Gasteiger partial charge in [0.1, 0.15) is 5.69 Å². The summed E-state index contributed by atoms with van der Waals surface area (Å²) in [7, 11) is 0. The molecule has 0 radical (unpaired) electrons. The molecular weight excluding hydrogens is 226 g/mol. The number of nitrogens with two attached hydrogens (primary N) is 1. The lowest BCUT2D eigenvalue weighted by molar-refractivity contribution is 0.0949. The number of carbonyl (C=O) groups is 1. The number of nitrogen functional groups attached to an aromatic ring is 1. The van der Waals surface area contributed by atoms with Crippen molar-refractivity contribution in [1.82, 2.24) is 10.3 Å². The molecule has 0 fully saturated rings. The fourth-order valence-electron chi connectivity index (χ4n) is 1.76. The zero-order chi connectivity index (χ0) is 13.0. The predicted molar refractivity (Wildman–Crippen MR) is 73.1 cm³/mol. The second-order valence-corrected chi connectivity index (χ2v) is 4.09. The summed E-state index contributed by atoms with van der Waals surface area (Å²) in [6, 6.07) is 7.29. The number of H-pyrrole nitrogens is 1. The highest BCUT2D eigenvalue weighted by atomic mass is 16.1. The van der Waals surface area contributed by atoms with Crippen molar-refractivity contribution in [1.29, 1.82) is 0 Å². The fraction of sp³-hybridized carbons (Fsp3) is 0.214. The van der Waals surface area contributed by atoms with Gasteiger partial charge in [0, 0.05) is 29.6 Å². The van der Waals surface area contributed by atoms with Crippen LogP contribution in [0.2, 0.25) is 0 Å². The minimum absolute atomic E-state index is 0.123. The Balaban J connectivity index is 2.07. The van der Waals surface area contributed by atoms with Gasteiger partial charge < -0.3 is 16.0 Å². The van der Waals surface area contributed by atoms with E-state index in [1.165, 1.54) is 0 Å². The summed E-state index contributed by atoms with van der Waals surface area (Å²) in [6.45, 7) is 0.584. The van der Waals surface area contributed by atoms with Gasteiger partial charge in [0.2, 0.25) is 0 Å². The van der Waals surface area contributed by atoms with Crippen LogP contribution < -0.4 is 11.1 Å². The molecule has 4 N–H and O–H groups in total. The first-order chi connectivity index (χ1) is 8.70. The number of aromatic amines is 1. The summed E-state index contributed by atoms with van der Waals surface area (Å²) in [5.74, 6) is 2.41. The van der Waals surface area contributed by atoms with E-state index < -0.39 is 0 Å². The van der Waals surface area contributed by atoms with Gasteiger partial charge in [-0.15, -0.1) is 12.3 Å². The lowest BCUT2D eigenvalue weighted by atomic mass is 10.2. The Morgan fingerprint density at radius 1 is 1.44 bits per heavy atom. The third kappa shape index (κ3) is 2.64. The van der Waals surface area contributed by atoms with Crippen LogP contribution >= 0.6 is 0 Å². The molecule has 0 aliphatic carbocycles. The molecule has 0 bridgehead atoms. The predicted octanol–water partition coefficient (Wildman–Crippen LogP) is 1.89. The number of anilines is 1. The largest absolute Gasteiger partial charge is 0.399 e. The van der Waals surface area contributed by atoms with Crippen LogP contribution in [0.25, 0.3) is 10.9 Å². The summed E-state index contributed by atoms with van der Waals surface area (Å²) in [4.78, 5) is 14.9. The maximum absolute atomic E-state index is 11.8. The Morgan fingerprint density at radius 2 is 2.28 bits per heavy atom. The van der Waals surface area contributed by atoms with E-state index in [1.807, 2.05) is 12.1 Å². The molecule has 4 heteroatoms. The molecule has 0 aliphatic heterocycles. The van der Waals surface area contributed by atoms with Crippen LogP contribution in [0, 0.1) is 12.3 Å². The quantitative estimate of drug-likeness (QED) is 0.434. The standard InChI is InChI=1S/C14H15N3O/c1-2-3-4-7-16-14(18)13-9-10-8-11(15)5-6-12(10)17-13/h1,5-6,8-9,17H,3-4,7,15H2,(H,16,18). The van der Waals surface area contributed by atoms with Gasteiger partial charge in [-0.05, 0) is 30.7 Å². The van der Waals surface area contributed by atoms with E-state index in [9.17, 15) is 4.79 Å². The van der Waals surface area contributed by atoms with Crippen molar-refractivity contribution in [3.8, 4) is 12.3 Å². The third-order valence-electron chi connectivity index (χ3n) is 2.67. The average Bonchev–Trinajstić information content (AvgIpc) is 2.77. The third-order valence-corrected chi connectivity index (χ3v) is 2.67. The van der Waals surface area contributed by atoms with Crippen LogP contribution in [0.5, 0.6) is 0 Å². The van der Waals surface area contributed by atoms with E-state index >= 15 is 0 Å². The number of hydrogen-bond acceptors (Lipinski definition) is 2. The van der Waals surface area contributed by atoms with Gasteiger partial charge in [0.15, 0.2) is 0 Å². The second-order valence-electron chi connectivity index (χ2n) is 4.09. The highest BCUT2D eigenvalue weighted by Gasteiger charge is 2.08. The summed E-state index contributed by atoms with van der Waals surface area (Å²) in [5, 5.41) is 3.75. The molecule has 0 aliphatic rings. The number of nitrogens with one attached hydrogen (secondary N) is 2. The second kappa shape index (κ2) is 5.28. The van der Waals surface area contributed by atoms with Crippen LogP contribution in [0.1, 0.15) is 23.3 Å². The van der Waals surface area contributed by atoms with Gasteiger partial charge in [-0.2, -0.15) is 0 Å². The van der Waals surface area contributed by atoms with Crippen molar-refractivity contribution in [3.63, 3.8) is 0 Å². The topological polar surface area (TPSA) is 70.9 Å². The molecule has 2 rings (SSSR count). The van der Waals surface area contributed by atoms with Gasteiger partial charge in [0.25, 0.3) is 5.91 Å². The first kappa shape index (κ1) is 12.1. The van der Waals surface area contributed by atoms with Gasteiger partial charge in [-0.25, -0.2) is 0 Å². The maximum Gasteiger partial charge on any atom is 0.267 e. The molecule has 92 valence electrons. The molecule has 1 amide bonds. The minimum atomic E-state index is -0.123. The number of carbonyl (C=O) groups excluding carboxylic acids is 1. The number of hydrogen-bond donors (Lipinski definition) is 3.